The first-order valence-electron chi connectivity index (χ1n) is 6.40. The second kappa shape index (κ2) is 5.73. The number of benzene rings is 1. The monoisotopic (exact) mass is 276 g/mol. The lowest BCUT2D eigenvalue weighted by atomic mass is 10.0. The van der Waals surface area contributed by atoms with Gasteiger partial charge in [0, 0.05) is 6.54 Å². The number of carboxylic acid groups (broad SMARTS) is 1. The second-order valence-electron chi connectivity index (χ2n) is 4.79. The molecule has 1 saturated heterocycles. The van der Waals surface area contributed by atoms with E-state index in [1.807, 2.05) is 0 Å². The molecule has 6 heteroatoms. The first-order chi connectivity index (χ1) is 9.50. The van der Waals surface area contributed by atoms with Crippen molar-refractivity contribution >= 4 is 17.8 Å². The molecule has 0 spiro atoms. The van der Waals surface area contributed by atoms with Gasteiger partial charge in [0.2, 0.25) is 11.8 Å². The van der Waals surface area contributed by atoms with E-state index in [1.54, 1.807) is 18.2 Å². The maximum atomic E-state index is 12.2. The Morgan fingerprint density at radius 1 is 1.30 bits per heavy atom. The SMILES string of the molecule is NC(=O)C1CCCN1C(=O)Cc1ccccc1C(=O)O. The van der Waals surface area contributed by atoms with Gasteiger partial charge in [0.25, 0.3) is 0 Å². The third-order valence-electron chi connectivity index (χ3n) is 3.49. The Labute approximate surface area is 116 Å². The number of primary amides is 1. The minimum atomic E-state index is -1.07. The van der Waals surface area contributed by atoms with Gasteiger partial charge in [-0.3, -0.25) is 9.59 Å². The Hall–Kier alpha value is -2.37. The molecule has 1 heterocycles. The molecule has 6 nitrogen and oxygen atoms in total. The van der Waals surface area contributed by atoms with Gasteiger partial charge < -0.3 is 15.7 Å². The molecule has 1 aliphatic rings. The number of hydrogen-bond donors (Lipinski definition) is 2. The van der Waals surface area contributed by atoms with Crippen LogP contribution in [-0.2, 0) is 16.0 Å². The number of rotatable bonds is 4. The van der Waals surface area contributed by atoms with Crippen molar-refractivity contribution in [2.24, 2.45) is 5.73 Å². The zero-order valence-electron chi connectivity index (χ0n) is 10.9. The maximum Gasteiger partial charge on any atom is 0.335 e. The van der Waals surface area contributed by atoms with Crippen molar-refractivity contribution in [2.75, 3.05) is 6.54 Å². The molecule has 0 aromatic heterocycles. The molecule has 1 aromatic carbocycles. The third kappa shape index (κ3) is 2.79. The molecule has 3 N–H and O–H groups in total. The van der Waals surface area contributed by atoms with Gasteiger partial charge in [-0.15, -0.1) is 0 Å². The van der Waals surface area contributed by atoms with Crippen LogP contribution < -0.4 is 5.73 Å². The summed E-state index contributed by atoms with van der Waals surface area (Å²) in [7, 11) is 0. The zero-order chi connectivity index (χ0) is 14.7. The van der Waals surface area contributed by atoms with Gasteiger partial charge in [-0.2, -0.15) is 0 Å². The fourth-order valence-electron chi connectivity index (χ4n) is 2.51. The van der Waals surface area contributed by atoms with Gasteiger partial charge in [0.15, 0.2) is 0 Å². The predicted octanol–water partition coefficient (Wildman–Crippen LogP) is 0.404. The van der Waals surface area contributed by atoms with E-state index in [4.69, 9.17) is 10.8 Å². The van der Waals surface area contributed by atoms with Crippen molar-refractivity contribution in [3.05, 3.63) is 35.4 Å². The lowest BCUT2D eigenvalue weighted by Gasteiger charge is -2.22. The number of hydrogen-bond acceptors (Lipinski definition) is 3. The smallest absolute Gasteiger partial charge is 0.335 e. The average Bonchev–Trinajstić information content (AvgIpc) is 2.88. The summed E-state index contributed by atoms with van der Waals surface area (Å²) in [4.78, 5) is 36.1. The van der Waals surface area contributed by atoms with Crippen molar-refractivity contribution in [3.8, 4) is 0 Å². The molecule has 0 radical (unpaired) electrons. The van der Waals surface area contributed by atoms with Crippen LogP contribution >= 0.6 is 0 Å². The largest absolute Gasteiger partial charge is 0.478 e. The number of carboxylic acids is 1. The van der Waals surface area contributed by atoms with Crippen molar-refractivity contribution in [1.82, 2.24) is 4.90 Å². The molecule has 2 amide bonds. The van der Waals surface area contributed by atoms with E-state index in [9.17, 15) is 14.4 Å². The molecule has 1 fully saturated rings. The minimum absolute atomic E-state index is 0.0355. The molecular formula is C14H16N2O4. The van der Waals surface area contributed by atoms with Crippen LogP contribution in [0.1, 0.15) is 28.8 Å². The topological polar surface area (TPSA) is 101 Å². The number of amides is 2. The quantitative estimate of drug-likeness (QED) is 0.831. The highest BCUT2D eigenvalue weighted by atomic mass is 16.4. The van der Waals surface area contributed by atoms with Crippen LogP contribution in [0.25, 0.3) is 0 Å². The highest BCUT2D eigenvalue weighted by molar-refractivity contribution is 5.93. The second-order valence-corrected chi connectivity index (χ2v) is 4.79. The van der Waals surface area contributed by atoms with Crippen molar-refractivity contribution < 1.29 is 19.5 Å². The van der Waals surface area contributed by atoms with Gasteiger partial charge in [-0.05, 0) is 24.5 Å². The Bertz CT molecular complexity index is 556. The highest BCUT2D eigenvalue weighted by Crippen LogP contribution is 2.19. The molecule has 1 atom stereocenters. The van der Waals surface area contributed by atoms with Gasteiger partial charge in [-0.1, -0.05) is 18.2 Å². The first-order valence-corrected chi connectivity index (χ1v) is 6.40. The summed E-state index contributed by atoms with van der Waals surface area (Å²) < 4.78 is 0. The number of nitrogens with two attached hydrogens (primary N) is 1. The van der Waals surface area contributed by atoms with Crippen LogP contribution in [-0.4, -0.2) is 40.4 Å². The van der Waals surface area contributed by atoms with E-state index in [0.29, 0.717) is 18.5 Å². The number of aromatic carboxylic acids is 1. The van der Waals surface area contributed by atoms with E-state index >= 15 is 0 Å². The normalized spacial score (nSPS) is 18.0. The van der Waals surface area contributed by atoms with Crippen LogP contribution in [0, 0.1) is 0 Å². The van der Waals surface area contributed by atoms with Crippen molar-refractivity contribution in [1.29, 1.82) is 0 Å². The van der Waals surface area contributed by atoms with Crippen LogP contribution in [0.3, 0.4) is 0 Å². The van der Waals surface area contributed by atoms with Gasteiger partial charge in [-0.25, -0.2) is 4.79 Å². The summed E-state index contributed by atoms with van der Waals surface area (Å²) in [6.45, 7) is 0.488. The van der Waals surface area contributed by atoms with E-state index in [1.165, 1.54) is 11.0 Å². The molecule has 0 aliphatic carbocycles. The van der Waals surface area contributed by atoms with Gasteiger partial charge in [0.1, 0.15) is 6.04 Å². The summed E-state index contributed by atoms with van der Waals surface area (Å²) in [6, 6.07) is 5.79. The Morgan fingerprint density at radius 2 is 2.00 bits per heavy atom. The van der Waals surface area contributed by atoms with Crippen LogP contribution in [0.2, 0.25) is 0 Å². The van der Waals surface area contributed by atoms with Crippen molar-refractivity contribution in [3.63, 3.8) is 0 Å². The molecule has 20 heavy (non-hydrogen) atoms. The molecule has 1 unspecified atom stereocenters. The fraction of sp³-hybridized carbons (Fsp3) is 0.357. The number of nitrogens with zero attached hydrogens (tertiary/aromatic N) is 1. The fourth-order valence-corrected chi connectivity index (χ4v) is 2.51. The van der Waals surface area contributed by atoms with E-state index in [2.05, 4.69) is 0 Å². The molecule has 2 rings (SSSR count). The van der Waals surface area contributed by atoms with Gasteiger partial charge in [0.05, 0.1) is 12.0 Å². The minimum Gasteiger partial charge on any atom is -0.478 e. The van der Waals surface area contributed by atoms with Crippen LogP contribution in [0.5, 0.6) is 0 Å². The molecule has 1 aliphatic heterocycles. The summed E-state index contributed by atoms with van der Waals surface area (Å²) in [5.74, 6) is -1.84. The van der Waals surface area contributed by atoms with Crippen LogP contribution in [0.15, 0.2) is 24.3 Å². The lowest BCUT2D eigenvalue weighted by molar-refractivity contribution is -0.136. The van der Waals surface area contributed by atoms with E-state index in [0.717, 1.165) is 6.42 Å². The third-order valence-corrected chi connectivity index (χ3v) is 3.49. The van der Waals surface area contributed by atoms with Crippen molar-refractivity contribution in [2.45, 2.75) is 25.3 Å². The Morgan fingerprint density at radius 3 is 2.65 bits per heavy atom. The molecule has 0 saturated carbocycles. The lowest BCUT2D eigenvalue weighted by Crippen LogP contribution is -2.44. The number of likely N-dealkylation sites (tertiary alicyclic amines) is 1. The standard InChI is InChI=1S/C14H16N2O4/c15-13(18)11-6-3-7-16(11)12(17)8-9-4-1-2-5-10(9)14(19)20/h1-2,4-5,11H,3,6-8H2,(H2,15,18)(H,19,20). The maximum absolute atomic E-state index is 12.2. The Balaban J connectivity index is 2.16. The summed E-state index contributed by atoms with van der Waals surface area (Å²) in [5.41, 5.74) is 5.82. The molecule has 0 bridgehead atoms. The van der Waals surface area contributed by atoms with Gasteiger partial charge >= 0.3 is 5.97 Å². The number of carbonyl (C=O) groups is 3. The van der Waals surface area contributed by atoms with E-state index in [-0.39, 0.29) is 17.9 Å². The average molecular weight is 276 g/mol. The highest BCUT2D eigenvalue weighted by Gasteiger charge is 2.32. The molecule has 106 valence electrons. The molecule has 1 aromatic rings. The van der Waals surface area contributed by atoms with E-state index < -0.39 is 17.9 Å². The summed E-state index contributed by atoms with van der Waals surface area (Å²) in [6.07, 6.45) is 1.27. The summed E-state index contributed by atoms with van der Waals surface area (Å²) in [5, 5.41) is 9.09. The zero-order valence-corrected chi connectivity index (χ0v) is 10.9. The Kier molecular flexibility index (Phi) is 4.02. The summed E-state index contributed by atoms with van der Waals surface area (Å²) >= 11 is 0. The molecular weight excluding hydrogens is 260 g/mol. The number of carbonyl (C=O) groups excluding carboxylic acids is 2. The first kappa shape index (κ1) is 14.0. The van der Waals surface area contributed by atoms with Crippen LogP contribution in [0.4, 0.5) is 0 Å². The predicted molar refractivity (Wildman–Crippen MR) is 71.0 cm³/mol.